The van der Waals surface area contributed by atoms with E-state index in [0.29, 0.717) is 23.0 Å². The summed E-state index contributed by atoms with van der Waals surface area (Å²) in [7, 11) is 6.58. The molecule has 1 heterocycles. The third-order valence-corrected chi connectivity index (χ3v) is 4.85. The lowest BCUT2D eigenvalue weighted by Gasteiger charge is -2.19. The number of fused-ring (bicyclic) bond motifs is 1. The fourth-order valence-corrected chi connectivity index (χ4v) is 3.46. The fraction of sp³-hybridized carbons (Fsp3) is 0.318. The number of pyridine rings is 1. The van der Waals surface area contributed by atoms with Crippen LogP contribution in [0.4, 0.5) is 0 Å². The first-order valence-corrected chi connectivity index (χ1v) is 8.89. The van der Waals surface area contributed by atoms with Gasteiger partial charge in [-0.05, 0) is 47.7 Å². The van der Waals surface area contributed by atoms with Crippen LogP contribution in [0.1, 0.15) is 30.5 Å². The molecule has 1 atom stereocenters. The van der Waals surface area contributed by atoms with E-state index in [1.807, 2.05) is 36.5 Å². The molecular weight excluding hydrogens is 342 g/mol. The number of ether oxygens (including phenoxy) is 4. The highest BCUT2D eigenvalue weighted by Gasteiger charge is 2.20. The Hall–Kier alpha value is -2.95. The van der Waals surface area contributed by atoms with Gasteiger partial charge >= 0.3 is 0 Å². The van der Waals surface area contributed by atoms with Crippen LogP contribution in [0.3, 0.4) is 0 Å². The van der Waals surface area contributed by atoms with E-state index in [0.717, 1.165) is 28.5 Å². The molecule has 0 amide bonds. The van der Waals surface area contributed by atoms with Crippen molar-refractivity contribution in [3.8, 4) is 23.0 Å². The minimum Gasteiger partial charge on any atom is -0.493 e. The van der Waals surface area contributed by atoms with Crippen molar-refractivity contribution in [2.24, 2.45) is 0 Å². The molecule has 0 radical (unpaired) electrons. The van der Waals surface area contributed by atoms with E-state index in [4.69, 9.17) is 23.9 Å². The first-order valence-electron chi connectivity index (χ1n) is 8.89. The van der Waals surface area contributed by atoms with Crippen molar-refractivity contribution in [2.45, 2.75) is 19.3 Å². The monoisotopic (exact) mass is 367 g/mol. The maximum atomic E-state index is 5.50. The van der Waals surface area contributed by atoms with Crippen molar-refractivity contribution in [2.75, 3.05) is 28.4 Å². The number of hydrogen-bond acceptors (Lipinski definition) is 5. The van der Waals surface area contributed by atoms with E-state index >= 15 is 0 Å². The molecular formula is C22H25NO4. The average Bonchev–Trinajstić information content (AvgIpc) is 2.73. The van der Waals surface area contributed by atoms with Crippen LogP contribution in [0.2, 0.25) is 0 Å². The van der Waals surface area contributed by atoms with E-state index in [1.165, 1.54) is 0 Å². The van der Waals surface area contributed by atoms with E-state index in [-0.39, 0.29) is 5.92 Å². The topological polar surface area (TPSA) is 49.8 Å². The Labute approximate surface area is 159 Å². The second-order valence-electron chi connectivity index (χ2n) is 6.20. The molecule has 0 fully saturated rings. The molecule has 0 spiro atoms. The number of methoxy groups -OCH3 is 4. The molecule has 0 saturated carbocycles. The first kappa shape index (κ1) is 18.8. The molecule has 142 valence electrons. The van der Waals surface area contributed by atoms with Gasteiger partial charge in [-0.1, -0.05) is 13.0 Å². The van der Waals surface area contributed by atoms with Crippen molar-refractivity contribution in [3.63, 3.8) is 0 Å². The zero-order valence-electron chi connectivity index (χ0n) is 16.4. The summed E-state index contributed by atoms with van der Waals surface area (Å²) >= 11 is 0. The maximum Gasteiger partial charge on any atom is 0.161 e. The SMILES string of the molecule is CCC(c1ccc(OC)c(OC)c1)c1nccc2cc(OC)c(OC)cc12. The summed E-state index contributed by atoms with van der Waals surface area (Å²) in [6, 6.07) is 12.0. The Balaban J connectivity index is 2.17. The zero-order chi connectivity index (χ0) is 19.4. The summed E-state index contributed by atoms with van der Waals surface area (Å²) in [6.45, 7) is 2.16. The molecule has 0 aliphatic rings. The molecule has 0 bridgehead atoms. The Morgan fingerprint density at radius 3 is 2.04 bits per heavy atom. The molecule has 3 aromatic rings. The number of nitrogens with zero attached hydrogens (tertiary/aromatic N) is 1. The van der Waals surface area contributed by atoms with Crippen LogP contribution in [0.5, 0.6) is 23.0 Å². The number of aromatic nitrogens is 1. The number of rotatable bonds is 7. The van der Waals surface area contributed by atoms with Crippen molar-refractivity contribution >= 4 is 10.8 Å². The van der Waals surface area contributed by atoms with Gasteiger partial charge < -0.3 is 18.9 Å². The third-order valence-electron chi connectivity index (χ3n) is 4.85. The van der Waals surface area contributed by atoms with Gasteiger partial charge in [-0.3, -0.25) is 4.98 Å². The highest BCUT2D eigenvalue weighted by molar-refractivity contribution is 5.88. The third kappa shape index (κ3) is 3.50. The summed E-state index contributed by atoms with van der Waals surface area (Å²) < 4.78 is 21.8. The molecule has 0 saturated heterocycles. The van der Waals surface area contributed by atoms with Gasteiger partial charge in [0.15, 0.2) is 23.0 Å². The van der Waals surface area contributed by atoms with Crippen LogP contribution < -0.4 is 18.9 Å². The molecule has 27 heavy (non-hydrogen) atoms. The van der Waals surface area contributed by atoms with Crippen LogP contribution in [0.15, 0.2) is 42.6 Å². The fourth-order valence-electron chi connectivity index (χ4n) is 3.46. The minimum atomic E-state index is 0.117. The standard InChI is InChI=1S/C22H25NO4/c1-6-16(14-7-8-18(24-2)19(11-14)25-3)22-17-13-21(27-5)20(26-4)12-15(17)9-10-23-22/h7-13,16H,6H2,1-5H3. The Morgan fingerprint density at radius 1 is 0.778 bits per heavy atom. The average molecular weight is 367 g/mol. The summed E-state index contributed by atoms with van der Waals surface area (Å²) in [4.78, 5) is 4.71. The molecule has 1 aromatic heterocycles. The maximum absolute atomic E-state index is 5.50. The van der Waals surface area contributed by atoms with Gasteiger partial charge in [0.2, 0.25) is 0 Å². The minimum absolute atomic E-state index is 0.117. The van der Waals surface area contributed by atoms with Gasteiger partial charge in [0.1, 0.15) is 0 Å². The van der Waals surface area contributed by atoms with Gasteiger partial charge in [0.25, 0.3) is 0 Å². The van der Waals surface area contributed by atoms with Gasteiger partial charge in [0.05, 0.1) is 34.1 Å². The van der Waals surface area contributed by atoms with Crippen LogP contribution >= 0.6 is 0 Å². The van der Waals surface area contributed by atoms with Crippen molar-refractivity contribution in [1.82, 2.24) is 4.98 Å². The highest BCUT2D eigenvalue weighted by Crippen LogP contribution is 2.39. The quantitative estimate of drug-likeness (QED) is 0.600. The molecule has 2 aromatic carbocycles. The smallest absolute Gasteiger partial charge is 0.161 e. The molecule has 1 unspecified atom stereocenters. The van der Waals surface area contributed by atoms with E-state index in [1.54, 1.807) is 28.4 Å². The Kier molecular flexibility index (Phi) is 5.69. The predicted molar refractivity (Wildman–Crippen MR) is 107 cm³/mol. The lowest BCUT2D eigenvalue weighted by molar-refractivity contribution is 0.354. The van der Waals surface area contributed by atoms with Crippen molar-refractivity contribution in [3.05, 3.63) is 53.9 Å². The summed E-state index contributed by atoms with van der Waals surface area (Å²) in [5, 5.41) is 2.12. The van der Waals surface area contributed by atoms with Crippen molar-refractivity contribution in [1.29, 1.82) is 0 Å². The zero-order valence-corrected chi connectivity index (χ0v) is 16.4. The summed E-state index contributed by atoms with van der Waals surface area (Å²) in [5.41, 5.74) is 2.13. The normalized spacial score (nSPS) is 11.9. The van der Waals surface area contributed by atoms with E-state index < -0.39 is 0 Å². The van der Waals surface area contributed by atoms with E-state index in [9.17, 15) is 0 Å². The Morgan fingerprint density at radius 2 is 1.41 bits per heavy atom. The molecule has 5 nitrogen and oxygen atoms in total. The van der Waals surface area contributed by atoms with Crippen molar-refractivity contribution < 1.29 is 18.9 Å². The molecule has 0 aliphatic heterocycles. The van der Waals surface area contributed by atoms with Crippen LogP contribution in [-0.2, 0) is 0 Å². The molecule has 3 rings (SSSR count). The van der Waals surface area contributed by atoms with Crippen LogP contribution in [-0.4, -0.2) is 33.4 Å². The van der Waals surface area contributed by atoms with Gasteiger partial charge in [-0.25, -0.2) is 0 Å². The first-order chi connectivity index (χ1) is 13.2. The van der Waals surface area contributed by atoms with Gasteiger partial charge in [-0.2, -0.15) is 0 Å². The van der Waals surface area contributed by atoms with Gasteiger partial charge in [0, 0.05) is 17.5 Å². The summed E-state index contributed by atoms with van der Waals surface area (Å²) in [5.74, 6) is 2.95. The van der Waals surface area contributed by atoms with Gasteiger partial charge in [-0.15, -0.1) is 0 Å². The van der Waals surface area contributed by atoms with E-state index in [2.05, 4.69) is 13.0 Å². The molecule has 0 N–H and O–H groups in total. The molecule has 5 heteroatoms. The Bertz CT molecular complexity index is 939. The lowest BCUT2D eigenvalue weighted by atomic mass is 9.89. The number of benzene rings is 2. The van der Waals surface area contributed by atoms with Crippen LogP contribution in [0, 0.1) is 0 Å². The highest BCUT2D eigenvalue weighted by atomic mass is 16.5. The van der Waals surface area contributed by atoms with Crippen LogP contribution in [0.25, 0.3) is 10.8 Å². The second-order valence-corrected chi connectivity index (χ2v) is 6.20. The predicted octanol–water partition coefficient (Wildman–Crippen LogP) is 4.81. The second kappa shape index (κ2) is 8.16. The lowest BCUT2D eigenvalue weighted by Crippen LogP contribution is -2.05. The molecule has 0 aliphatic carbocycles. The largest absolute Gasteiger partial charge is 0.493 e. The number of hydrogen-bond donors (Lipinski definition) is 0. The summed E-state index contributed by atoms with van der Waals surface area (Å²) in [6.07, 6.45) is 2.74.